The van der Waals surface area contributed by atoms with Crippen LogP contribution in [0, 0.1) is 23.3 Å². The summed E-state index contributed by atoms with van der Waals surface area (Å²) in [5, 5.41) is 31.6. The molecular weight excluding hydrogens is 1430 g/mol. The normalized spacial score (nSPS) is 15.0. The Kier molecular flexibility index (Phi) is 28.4. The number of methoxy groups -OCH3 is 3. The number of carbonyl (C=O) groups excluding carboxylic acids is 2. The van der Waals surface area contributed by atoms with Crippen molar-refractivity contribution in [3.8, 4) is 62.0 Å². The molecule has 19 nitrogen and oxygen atoms in total. The van der Waals surface area contributed by atoms with Crippen molar-refractivity contribution in [2.45, 2.75) is 178 Å². The molecule has 0 amide bonds. The summed E-state index contributed by atoms with van der Waals surface area (Å²) in [5.41, 5.74) is 4.68. The van der Waals surface area contributed by atoms with Crippen molar-refractivity contribution in [3.05, 3.63) is 210 Å². The first-order valence-corrected chi connectivity index (χ1v) is 37.7. The van der Waals surface area contributed by atoms with Crippen LogP contribution in [0.25, 0.3) is 44.8 Å². The predicted molar refractivity (Wildman–Crippen MR) is 396 cm³/mol. The van der Waals surface area contributed by atoms with Crippen molar-refractivity contribution in [1.29, 1.82) is 0 Å². The Labute approximate surface area is 645 Å². The van der Waals surface area contributed by atoms with Crippen LogP contribution in [0.1, 0.15) is 130 Å². The number of nitrogens with zero attached hydrogens (tertiary/aromatic N) is 3. The number of aliphatic hydroxyl groups is 2. The minimum Gasteiger partial charge on any atom is -0.550 e. The molecule has 3 N–H and O–H groups in total. The summed E-state index contributed by atoms with van der Waals surface area (Å²) >= 11 is 0. The maximum atomic E-state index is 16.1. The number of hydrogen-bond acceptors (Lipinski definition) is 15. The van der Waals surface area contributed by atoms with Crippen LogP contribution >= 0.6 is 0 Å². The van der Waals surface area contributed by atoms with Crippen molar-refractivity contribution in [2.75, 3.05) is 30.4 Å². The summed E-state index contributed by atoms with van der Waals surface area (Å²) in [7, 11) is -4.39. The number of ether oxygens (including phenoxy) is 6. The number of aromatic nitrogens is 2. The van der Waals surface area contributed by atoms with Crippen LogP contribution < -0.4 is 57.9 Å². The zero-order valence-corrected chi connectivity index (χ0v) is 66.0. The number of hydrogen-bond donors (Lipinski definition) is 3. The van der Waals surface area contributed by atoms with Gasteiger partial charge in [-0.3, -0.25) is 13.8 Å². The molecule has 0 saturated carbocycles. The number of para-hydroxylation sites is 2. The van der Waals surface area contributed by atoms with Gasteiger partial charge in [-0.25, -0.2) is 34.4 Å². The Hall–Kier alpha value is -8.50. The molecule has 107 heavy (non-hydrogen) atoms. The second-order valence-corrected chi connectivity index (χ2v) is 31.4. The number of rotatable bonds is 29. The summed E-state index contributed by atoms with van der Waals surface area (Å²) in [6, 6.07) is 42.9. The molecule has 0 aliphatic carbocycles. The number of carboxylic acid groups (broad SMARTS) is 1. The Morgan fingerprint density at radius 3 is 1.51 bits per heavy atom. The number of aliphatic carboxylic acids is 1. The fraction of sp³-hybridized carbons (Fsp3) is 0.358. The van der Waals surface area contributed by atoms with Crippen molar-refractivity contribution in [2.24, 2.45) is 0 Å². The average Bonchev–Trinajstić information content (AvgIpc) is 1.60. The monoisotopic (exact) mass is 1520 g/mol. The Morgan fingerprint density at radius 2 is 1.07 bits per heavy atom. The fourth-order valence-corrected chi connectivity index (χ4v) is 17.1. The van der Waals surface area contributed by atoms with E-state index in [1.54, 1.807) is 115 Å². The maximum Gasteiger partial charge on any atom is 1.00 e. The van der Waals surface area contributed by atoms with Gasteiger partial charge in [0.2, 0.25) is 0 Å². The minimum absolute atomic E-state index is 0. The average molecular weight is 1520 g/mol. The molecule has 4 atom stereocenters. The van der Waals surface area contributed by atoms with Crippen LogP contribution in [0.5, 0.6) is 17.2 Å². The summed E-state index contributed by atoms with van der Waals surface area (Å²) in [5.74, 6) is -4.49. The first-order valence-electron chi connectivity index (χ1n) is 34.8. The van der Waals surface area contributed by atoms with E-state index in [1.165, 1.54) is 98.4 Å². The number of aliphatic hydroxyl groups excluding tert-OH is 2. The van der Waals surface area contributed by atoms with E-state index in [1.807, 2.05) is 53.0 Å². The molecule has 0 bridgehead atoms. The van der Waals surface area contributed by atoms with Gasteiger partial charge in [-0.1, -0.05) is 88.4 Å². The molecule has 7 aromatic carbocycles. The van der Waals surface area contributed by atoms with Gasteiger partial charge < -0.3 is 57.7 Å². The molecule has 9 aromatic rings. The molecule has 3 heterocycles. The third-order valence-electron chi connectivity index (χ3n) is 17.7. The maximum absolute atomic E-state index is 16.1. The van der Waals surface area contributed by atoms with E-state index in [9.17, 15) is 50.9 Å². The van der Waals surface area contributed by atoms with E-state index in [0.717, 1.165) is 0 Å². The second-order valence-electron chi connectivity index (χ2n) is 27.9. The van der Waals surface area contributed by atoms with Crippen molar-refractivity contribution in [3.63, 3.8) is 0 Å². The molecule has 2 aromatic heterocycles. The molecule has 1 aliphatic heterocycles. The van der Waals surface area contributed by atoms with E-state index in [2.05, 4.69) is 4.72 Å². The Morgan fingerprint density at radius 1 is 0.626 bits per heavy atom. The third-order valence-corrected chi connectivity index (χ3v) is 21.0. The largest absolute Gasteiger partial charge is 1.00 e. The van der Waals surface area contributed by atoms with Crippen molar-refractivity contribution in [1.82, 2.24) is 9.13 Å². The number of benzene rings is 7. The van der Waals surface area contributed by atoms with Crippen molar-refractivity contribution < 1.29 is 117 Å². The smallest absolute Gasteiger partial charge is 0.550 e. The molecule has 0 radical (unpaired) electrons. The Bertz CT molecular complexity index is 4710. The Balaban J connectivity index is 0.000000287. The summed E-state index contributed by atoms with van der Waals surface area (Å²) in [6.45, 7) is 16.6. The minimum atomic E-state index is -4.60. The molecule has 10 rings (SSSR count). The van der Waals surface area contributed by atoms with Gasteiger partial charge in [-0.05, 0) is 185 Å². The number of esters is 1. The number of anilines is 2. The topological polar surface area (TPSA) is 246 Å². The molecule has 0 unspecified atom stereocenters. The van der Waals surface area contributed by atoms with Crippen LogP contribution in [0.3, 0.4) is 0 Å². The van der Waals surface area contributed by atoms with Gasteiger partial charge in [0.1, 0.15) is 55.9 Å². The number of nitrogens with one attached hydrogen (secondary N) is 1. The summed E-state index contributed by atoms with van der Waals surface area (Å²) in [6.07, 6.45) is -3.45. The zero-order valence-electron chi connectivity index (χ0n) is 62.4. The van der Waals surface area contributed by atoms with E-state index in [-0.39, 0.29) is 95.7 Å². The van der Waals surface area contributed by atoms with Crippen LogP contribution in [-0.4, -0.2) is 105 Å². The van der Waals surface area contributed by atoms with E-state index < -0.39 is 97.4 Å². The molecule has 1 fully saturated rings. The van der Waals surface area contributed by atoms with Gasteiger partial charge in [0, 0.05) is 72.2 Å². The third kappa shape index (κ3) is 21.1. The molecule has 1 aliphatic rings. The van der Waals surface area contributed by atoms with Crippen LogP contribution in [0.4, 0.5) is 28.9 Å². The van der Waals surface area contributed by atoms with Crippen LogP contribution in [0.15, 0.2) is 180 Å². The first-order chi connectivity index (χ1) is 50.1. The van der Waals surface area contributed by atoms with Crippen LogP contribution in [0.2, 0.25) is 0 Å². The summed E-state index contributed by atoms with van der Waals surface area (Å²) < 4.78 is 161. The van der Waals surface area contributed by atoms with Gasteiger partial charge in [0.05, 0.1) is 81.3 Å². The standard InChI is InChI=1S/C49H58F2N2O9S.C32H34F2N2O6S.Na/c1-31(2)45-47(63(55,56)53(36-14-12-11-13-15-36)30-40-41(58-9)27-38(57-8)28-42(40)59-10)44(32-16-20-34(50)21-17-32)46(33-18-22-35(51)23-19-33)52(45)25-24-37-26-39(61-49(6,7)60-37)29-43(54)62-48(3,4)5;1-20(2)30-32(43(41,42)35-25-6-4-3-5-7-25)29(21-8-12-23(33)13-9-21)31(22-10-14-24(34)15-11-22)36(30)17-16-26(37)18-27(38)19-28(39)40;/h11-23,27-28,31,37,39H,24-26,29-30H2,1-10H3;3-15,20,26-27,35,37-38H,16-19H2,1-2H3,(H,39,40);/q;;+1/p-1/t37-,39-;26-,27-;/m11./s1. The number of halogens is 4. The number of carbonyl (C=O) groups is 2. The quantitative estimate of drug-likeness (QED) is 0.0224. The number of carboxylic acids is 1. The fourth-order valence-electron chi connectivity index (χ4n) is 13.4. The molecule has 566 valence electrons. The van der Waals surface area contributed by atoms with E-state index >= 15 is 8.42 Å². The van der Waals surface area contributed by atoms with Gasteiger partial charge in [-0.2, -0.15) is 0 Å². The van der Waals surface area contributed by atoms with Gasteiger partial charge >= 0.3 is 35.5 Å². The molecule has 0 spiro atoms. The molecule has 26 heteroatoms. The first kappa shape index (κ1) is 84.1. The van der Waals surface area contributed by atoms with E-state index in [4.69, 9.17) is 28.4 Å². The number of sulfonamides is 2. The van der Waals surface area contributed by atoms with E-state index in [0.29, 0.717) is 97.6 Å². The van der Waals surface area contributed by atoms with Crippen molar-refractivity contribution >= 4 is 43.4 Å². The van der Waals surface area contributed by atoms with Gasteiger partial charge in [-0.15, -0.1) is 0 Å². The van der Waals surface area contributed by atoms with Gasteiger partial charge in [0.15, 0.2) is 5.79 Å². The SMILES string of the molecule is CC(C)c1c(S(=O)(=O)Nc2ccccc2)c(-c2ccc(F)cc2)c(-c2ccc(F)cc2)n1CC[C@@H](O)C[C@@H](O)CC(=O)[O-].COc1cc(OC)c(CN(c2ccccc2)S(=O)(=O)c2c(-c3ccc(F)cc3)c(-c3ccc(F)cc3)n(CC[C@@H]3C[C@H](CC(=O)OC(C)(C)C)OC(C)(C)O3)c2C(C)C)c(OC)c1.[Na+]. The second kappa shape index (κ2) is 36.1. The molecular formula is C81H91F4N4NaO15S2. The summed E-state index contributed by atoms with van der Waals surface area (Å²) in [4.78, 5) is 23.8. The zero-order chi connectivity index (χ0) is 77.2. The van der Waals surface area contributed by atoms with Gasteiger partial charge in [0.25, 0.3) is 20.0 Å². The van der Waals surface area contributed by atoms with Crippen LogP contribution in [-0.2, 0) is 63.5 Å². The molecule has 1 saturated heterocycles. The predicted octanol–water partition coefficient (Wildman–Crippen LogP) is 12.3.